The number of rotatable bonds is 3. The van der Waals surface area contributed by atoms with Gasteiger partial charge in [-0.05, 0) is 25.0 Å². The summed E-state index contributed by atoms with van der Waals surface area (Å²) in [5, 5.41) is 4.24. The molecule has 1 spiro atoms. The van der Waals surface area contributed by atoms with Gasteiger partial charge >= 0.3 is 0 Å². The second-order valence-corrected chi connectivity index (χ2v) is 6.48. The first kappa shape index (κ1) is 15.4. The van der Waals surface area contributed by atoms with E-state index in [1.54, 1.807) is 12.3 Å². The molecule has 2 aromatic heterocycles. The first-order valence-corrected chi connectivity index (χ1v) is 8.29. The van der Waals surface area contributed by atoms with Crippen molar-refractivity contribution in [1.29, 1.82) is 0 Å². The lowest BCUT2D eigenvalue weighted by Crippen LogP contribution is -2.46. The molecule has 7 nitrogen and oxygen atoms in total. The number of carbonyl (C=O) groups is 1. The lowest BCUT2D eigenvalue weighted by atomic mass is 10.00. The van der Waals surface area contributed by atoms with Crippen LogP contribution in [-0.4, -0.2) is 58.6 Å². The summed E-state index contributed by atoms with van der Waals surface area (Å²) in [7, 11) is 0. The molecule has 2 fully saturated rings. The van der Waals surface area contributed by atoms with E-state index >= 15 is 0 Å². The topological polar surface area (TPSA) is 69.7 Å². The average Bonchev–Trinajstić information content (AvgIpc) is 3.30. The minimum absolute atomic E-state index is 0.0345. The van der Waals surface area contributed by atoms with E-state index < -0.39 is 5.60 Å². The molecule has 2 unspecified atom stereocenters. The molecular weight excluding hydrogens is 310 g/mol. The molecule has 24 heavy (non-hydrogen) atoms. The molecule has 0 aromatic carbocycles. The summed E-state index contributed by atoms with van der Waals surface area (Å²) < 4.78 is 19.0. The van der Waals surface area contributed by atoms with Gasteiger partial charge in [0.15, 0.2) is 0 Å². The number of carbonyl (C=O) groups excluding carboxylic acids is 1. The third-order valence-electron chi connectivity index (χ3n) is 4.69. The second-order valence-electron chi connectivity index (χ2n) is 6.48. The largest absolute Gasteiger partial charge is 0.472 e. The predicted molar refractivity (Wildman–Crippen MR) is 84.5 cm³/mol. The summed E-state index contributed by atoms with van der Waals surface area (Å²) in [4.78, 5) is 14.4. The normalized spacial score (nSPS) is 27.5. The van der Waals surface area contributed by atoms with Gasteiger partial charge in [0.05, 0.1) is 44.2 Å². The Bertz CT molecular complexity index is 670. The number of nitrogens with zero attached hydrogens (tertiary/aromatic N) is 3. The van der Waals surface area contributed by atoms with E-state index in [4.69, 9.17) is 13.9 Å². The monoisotopic (exact) mass is 331 g/mol. The van der Waals surface area contributed by atoms with Crippen molar-refractivity contribution in [2.75, 3.05) is 26.3 Å². The Balaban J connectivity index is 1.45. The molecule has 0 bridgehead atoms. The first-order chi connectivity index (χ1) is 11.7. The Morgan fingerprint density at radius 1 is 1.46 bits per heavy atom. The standard InChI is InChI=1S/C17H21N3O4/c21-16(14-3-8-22-11-14)19-7-9-23-13-17(12-19)4-2-15(24-17)10-20-6-1-5-18-20/h1,3,5-6,8,11,15H,2,4,7,9-10,12-13H2. The lowest BCUT2D eigenvalue weighted by Gasteiger charge is -2.31. The van der Waals surface area contributed by atoms with Crippen LogP contribution in [0, 0.1) is 0 Å². The Hall–Kier alpha value is -2.12. The lowest BCUT2D eigenvalue weighted by molar-refractivity contribution is -0.0881. The van der Waals surface area contributed by atoms with Gasteiger partial charge in [-0.2, -0.15) is 5.10 Å². The zero-order valence-electron chi connectivity index (χ0n) is 13.5. The minimum Gasteiger partial charge on any atom is -0.472 e. The van der Waals surface area contributed by atoms with Crippen LogP contribution < -0.4 is 0 Å². The van der Waals surface area contributed by atoms with Crippen LogP contribution in [0.15, 0.2) is 41.5 Å². The van der Waals surface area contributed by atoms with Crippen molar-refractivity contribution in [3.63, 3.8) is 0 Å². The number of furan rings is 1. The molecule has 2 atom stereocenters. The molecule has 0 saturated carbocycles. The molecule has 1 amide bonds. The van der Waals surface area contributed by atoms with Crippen LogP contribution in [-0.2, 0) is 16.0 Å². The van der Waals surface area contributed by atoms with Crippen LogP contribution in [0.3, 0.4) is 0 Å². The van der Waals surface area contributed by atoms with Gasteiger partial charge in [0.2, 0.25) is 0 Å². The molecule has 2 aliphatic rings. The SMILES string of the molecule is O=C(c1ccoc1)N1CCOCC2(CCC(Cn3cccn3)O2)C1. The summed E-state index contributed by atoms with van der Waals surface area (Å²) in [6.07, 6.45) is 8.63. The van der Waals surface area contributed by atoms with E-state index in [9.17, 15) is 4.79 Å². The second kappa shape index (κ2) is 6.41. The molecule has 128 valence electrons. The first-order valence-electron chi connectivity index (χ1n) is 8.29. The van der Waals surface area contributed by atoms with Crippen molar-refractivity contribution in [1.82, 2.24) is 14.7 Å². The molecular formula is C17H21N3O4. The van der Waals surface area contributed by atoms with Crippen LogP contribution in [0.25, 0.3) is 0 Å². The highest BCUT2D eigenvalue weighted by Gasteiger charge is 2.44. The van der Waals surface area contributed by atoms with E-state index in [1.807, 2.05) is 21.8 Å². The van der Waals surface area contributed by atoms with E-state index in [0.29, 0.717) is 31.9 Å². The quantitative estimate of drug-likeness (QED) is 0.854. The number of hydrogen-bond acceptors (Lipinski definition) is 5. The van der Waals surface area contributed by atoms with Crippen molar-refractivity contribution < 1.29 is 18.7 Å². The van der Waals surface area contributed by atoms with E-state index in [0.717, 1.165) is 19.4 Å². The number of aromatic nitrogens is 2. The maximum atomic E-state index is 12.6. The highest BCUT2D eigenvalue weighted by atomic mass is 16.6. The highest BCUT2D eigenvalue weighted by Crippen LogP contribution is 2.34. The summed E-state index contributed by atoms with van der Waals surface area (Å²) >= 11 is 0. The molecule has 0 aliphatic carbocycles. The molecule has 4 heterocycles. The Labute approximate surface area is 140 Å². The number of ether oxygens (including phenoxy) is 2. The smallest absolute Gasteiger partial charge is 0.257 e. The fourth-order valence-corrected chi connectivity index (χ4v) is 3.51. The van der Waals surface area contributed by atoms with Gasteiger partial charge in [-0.1, -0.05) is 0 Å². The summed E-state index contributed by atoms with van der Waals surface area (Å²) in [6, 6.07) is 3.60. The van der Waals surface area contributed by atoms with Gasteiger partial charge in [0.25, 0.3) is 5.91 Å². The fourth-order valence-electron chi connectivity index (χ4n) is 3.51. The van der Waals surface area contributed by atoms with Crippen LogP contribution in [0.1, 0.15) is 23.2 Å². The number of amides is 1. The Morgan fingerprint density at radius 2 is 2.42 bits per heavy atom. The van der Waals surface area contributed by atoms with E-state index in [2.05, 4.69) is 5.10 Å². The van der Waals surface area contributed by atoms with Crippen molar-refractivity contribution in [2.24, 2.45) is 0 Å². The van der Waals surface area contributed by atoms with Crippen LogP contribution >= 0.6 is 0 Å². The zero-order valence-corrected chi connectivity index (χ0v) is 13.5. The summed E-state index contributed by atoms with van der Waals surface area (Å²) in [6.45, 7) is 2.90. The maximum Gasteiger partial charge on any atom is 0.257 e. The van der Waals surface area contributed by atoms with Crippen molar-refractivity contribution in [2.45, 2.75) is 31.1 Å². The van der Waals surface area contributed by atoms with Crippen molar-refractivity contribution in [3.05, 3.63) is 42.6 Å². The third kappa shape index (κ3) is 3.09. The Kier molecular flexibility index (Phi) is 4.12. The van der Waals surface area contributed by atoms with Crippen molar-refractivity contribution in [3.8, 4) is 0 Å². The summed E-state index contributed by atoms with van der Waals surface area (Å²) in [5.74, 6) is -0.0345. The number of hydrogen-bond donors (Lipinski definition) is 0. The van der Waals surface area contributed by atoms with Crippen LogP contribution in [0.2, 0.25) is 0 Å². The van der Waals surface area contributed by atoms with Gasteiger partial charge in [-0.25, -0.2) is 0 Å². The zero-order chi connectivity index (χ0) is 16.4. The van der Waals surface area contributed by atoms with Gasteiger partial charge in [-0.3, -0.25) is 9.48 Å². The third-order valence-corrected chi connectivity index (χ3v) is 4.69. The minimum atomic E-state index is -0.423. The van der Waals surface area contributed by atoms with E-state index in [-0.39, 0.29) is 12.0 Å². The Morgan fingerprint density at radius 3 is 3.21 bits per heavy atom. The molecule has 0 radical (unpaired) electrons. The van der Waals surface area contributed by atoms with Gasteiger partial charge < -0.3 is 18.8 Å². The average molecular weight is 331 g/mol. The molecule has 2 saturated heterocycles. The van der Waals surface area contributed by atoms with Gasteiger partial charge in [0.1, 0.15) is 11.9 Å². The molecule has 7 heteroatoms. The molecule has 2 aromatic rings. The predicted octanol–water partition coefficient (Wildman–Crippen LogP) is 1.57. The van der Waals surface area contributed by atoms with Crippen molar-refractivity contribution >= 4 is 5.91 Å². The maximum absolute atomic E-state index is 12.6. The van der Waals surface area contributed by atoms with Crippen LogP contribution in [0.4, 0.5) is 0 Å². The summed E-state index contributed by atoms with van der Waals surface area (Å²) in [5.41, 5.74) is 0.145. The molecule has 2 aliphatic heterocycles. The van der Waals surface area contributed by atoms with E-state index in [1.165, 1.54) is 12.5 Å². The molecule has 0 N–H and O–H groups in total. The molecule has 4 rings (SSSR count). The van der Waals surface area contributed by atoms with Gasteiger partial charge in [0, 0.05) is 18.9 Å². The van der Waals surface area contributed by atoms with Gasteiger partial charge in [-0.15, -0.1) is 0 Å². The van der Waals surface area contributed by atoms with Crippen LogP contribution in [0.5, 0.6) is 0 Å². The fraction of sp³-hybridized carbons (Fsp3) is 0.529. The highest BCUT2D eigenvalue weighted by molar-refractivity contribution is 5.93.